The third kappa shape index (κ3) is 3.74. The van der Waals surface area contributed by atoms with Crippen LogP contribution in [0.2, 0.25) is 0 Å². The first kappa shape index (κ1) is 15.3. The number of hydrogen-bond acceptors (Lipinski definition) is 5. The Kier molecular flexibility index (Phi) is 5.19. The Morgan fingerprint density at radius 3 is 2.52 bits per heavy atom. The summed E-state index contributed by atoms with van der Waals surface area (Å²) in [5.74, 6) is 0.635. The summed E-state index contributed by atoms with van der Waals surface area (Å²) < 4.78 is 0. The molecule has 2 aromatic rings. The lowest BCUT2D eigenvalue weighted by atomic mass is 10.1. The van der Waals surface area contributed by atoms with Crippen LogP contribution in [0.5, 0.6) is 0 Å². The Balaban J connectivity index is 2.15. The minimum Gasteiger partial charge on any atom is -0.392 e. The van der Waals surface area contributed by atoms with Crippen molar-refractivity contribution >= 4 is 23.1 Å². The van der Waals surface area contributed by atoms with Crippen LogP contribution in [0.15, 0.2) is 47.4 Å². The number of aliphatic hydroxyl groups excluding tert-OH is 1. The van der Waals surface area contributed by atoms with Crippen molar-refractivity contribution in [2.75, 3.05) is 12.4 Å². The molecule has 0 bridgehead atoms. The maximum atomic E-state index is 11.0. The number of anilines is 1. The summed E-state index contributed by atoms with van der Waals surface area (Å²) in [6.07, 6.45) is 0. The van der Waals surface area contributed by atoms with Crippen LogP contribution in [0.1, 0.15) is 11.1 Å². The third-order valence-electron chi connectivity index (χ3n) is 3.08. The lowest BCUT2D eigenvalue weighted by molar-refractivity contribution is -0.384. The molecule has 5 nitrogen and oxygen atoms in total. The predicted octanol–water partition coefficient (Wildman–Crippen LogP) is 3.42. The van der Waals surface area contributed by atoms with Crippen LogP contribution in [-0.4, -0.2) is 17.1 Å². The van der Waals surface area contributed by atoms with Gasteiger partial charge in [0, 0.05) is 23.8 Å². The second-order valence-corrected chi connectivity index (χ2v) is 5.46. The van der Waals surface area contributed by atoms with E-state index < -0.39 is 0 Å². The number of nitrogens with one attached hydrogen (secondary N) is 1. The molecular weight excluding hydrogens is 288 g/mol. The van der Waals surface area contributed by atoms with Gasteiger partial charge < -0.3 is 10.4 Å². The number of nitrogens with zero attached hydrogens (tertiary/aromatic N) is 1. The van der Waals surface area contributed by atoms with Crippen molar-refractivity contribution in [3.8, 4) is 0 Å². The second kappa shape index (κ2) is 7.10. The van der Waals surface area contributed by atoms with Crippen molar-refractivity contribution in [1.29, 1.82) is 0 Å². The molecule has 0 aliphatic carbocycles. The summed E-state index contributed by atoms with van der Waals surface area (Å²) >= 11 is 1.60. The molecule has 0 aromatic heterocycles. The van der Waals surface area contributed by atoms with Gasteiger partial charge in [-0.25, -0.2) is 0 Å². The minimum atomic E-state index is -0.379. The van der Waals surface area contributed by atoms with Gasteiger partial charge >= 0.3 is 0 Å². The molecule has 0 amide bonds. The number of benzene rings is 2. The van der Waals surface area contributed by atoms with E-state index in [1.165, 1.54) is 6.07 Å². The SMILES string of the molecule is CNc1c(CSc2ccc(CO)cc2)cccc1[N+](=O)[O-]. The fraction of sp³-hybridized carbons (Fsp3) is 0.200. The molecule has 2 aromatic carbocycles. The first-order valence-corrected chi connectivity index (χ1v) is 7.41. The van der Waals surface area contributed by atoms with Gasteiger partial charge in [-0.1, -0.05) is 24.3 Å². The predicted molar refractivity (Wildman–Crippen MR) is 84.6 cm³/mol. The Morgan fingerprint density at radius 2 is 1.95 bits per heavy atom. The number of thioether (sulfide) groups is 1. The largest absolute Gasteiger partial charge is 0.392 e. The zero-order valence-electron chi connectivity index (χ0n) is 11.6. The van der Waals surface area contributed by atoms with Gasteiger partial charge in [-0.3, -0.25) is 10.1 Å². The van der Waals surface area contributed by atoms with Crippen LogP contribution < -0.4 is 5.32 Å². The molecule has 2 N–H and O–H groups in total. The summed E-state index contributed by atoms with van der Waals surface area (Å²) in [7, 11) is 1.69. The van der Waals surface area contributed by atoms with Gasteiger partial charge in [-0.2, -0.15) is 0 Å². The Labute approximate surface area is 127 Å². The maximum absolute atomic E-state index is 11.0. The molecule has 0 saturated carbocycles. The van der Waals surface area contributed by atoms with Gasteiger partial charge in [-0.15, -0.1) is 11.8 Å². The van der Waals surface area contributed by atoms with Crippen molar-refractivity contribution in [2.45, 2.75) is 17.3 Å². The van der Waals surface area contributed by atoms with Crippen molar-refractivity contribution in [3.05, 3.63) is 63.7 Å². The average Bonchev–Trinajstić information content (AvgIpc) is 2.52. The first-order valence-electron chi connectivity index (χ1n) is 6.42. The number of para-hydroxylation sites is 1. The Bertz CT molecular complexity index is 629. The topological polar surface area (TPSA) is 75.4 Å². The number of nitro groups is 1. The molecule has 0 atom stereocenters. The number of hydrogen-bond donors (Lipinski definition) is 2. The van der Waals surface area contributed by atoms with Gasteiger partial charge in [-0.05, 0) is 23.3 Å². The standard InChI is InChI=1S/C15H16N2O3S/c1-16-15-12(3-2-4-14(15)17(19)20)10-21-13-7-5-11(9-18)6-8-13/h2-8,16,18H,9-10H2,1H3. The van der Waals surface area contributed by atoms with Crippen LogP contribution in [-0.2, 0) is 12.4 Å². The highest BCUT2D eigenvalue weighted by molar-refractivity contribution is 7.98. The molecule has 0 spiro atoms. The van der Waals surface area contributed by atoms with Crippen LogP contribution in [0.25, 0.3) is 0 Å². The highest BCUT2D eigenvalue weighted by Crippen LogP contribution is 2.32. The molecule has 2 rings (SSSR count). The summed E-state index contributed by atoms with van der Waals surface area (Å²) in [6, 6.07) is 12.7. The lowest BCUT2D eigenvalue weighted by Gasteiger charge is -2.09. The van der Waals surface area contributed by atoms with E-state index in [0.717, 1.165) is 16.0 Å². The maximum Gasteiger partial charge on any atom is 0.292 e. The first-order chi connectivity index (χ1) is 10.2. The molecule has 0 aliphatic rings. The van der Waals surface area contributed by atoms with Gasteiger partial charge in [0.1, 0.15) is 5.69 Å². The van der Waals surface area contributed by atoms with Crippen LogP contribution in [0, 0.1) is 10.1 Å². The fourth-order valence-electron chi connectivity index (χ4n) is 2.00. The summed E-state index contributed by atoms with van der Waals surface area (Å²) in [5, 5.41) is 22.9. The van der Waals surface area contributed by atoms with Gasteiger partial charge in [0.05, 0.1) is 11.5 Å². The highest BCUT2D eigenvalue weighted by Gasteiger charge is 2.15. The molecule has 0 aliphatic heterocycles. The molecule has 0 saturated heterocycles. The second-order valence-electron chi connectivity index (χ2n) is 4.41. The Morgan fingerprint density at radius 1 is 1.24 bits per heavy atom. The zero-order chi connectivity index (χ0) is 15.2. The Hall–Kier alpha value is -2.05. The summed E-state index contributed by atoms with van der Waals surface area (Å²) in [6.45, 7) is 0.0275. The van der Waals surface area contributed by atoms with Gasteiger partial charge in [0.2, 0.25) is 0 Å². The van der Waals surface area contributed by atoms with Gasteiger partial charge in [0.25, 0.3) is 5.69 Å². The quantitative estimate of drug-likeness (QED) is 0.486. The van der Waals surface area contributed by atoms with E-state index in [-0.39, 0.29) is 17.2 Å². The van der Waals surface area contributed by atoms with E-state index in [2.05, 4.69) is 5.32 Å². The van der Waals surface area contributed by atoms with E-state index in [1.54, 1.807) is 24.9 Å². The zero-order valence-corrected chi connectivity index (χ0v) is 12.4. The van der Waals surface area contributed by atoms with Gasteiger partial charge in [0.15, 0.2) is 0 Å². The lowest BCUT2D eigenvalue weighted by Crippen LogP contribution is -2.00. The highest BCUT2D eigenvalue weighted by atomic mass is 32.2. The molecule has 0 unspecified atom stereocenters. The monoisotopic (exact) mass is 304 g/mol. The number of nitro benzene ring substituents is 1. The number of rotatable bonds is 6. The summed E-state index contributed by atoms with van der Waals surface area (Å²) in [4.78, 5) is 11.7. The molecular formula is C15H16N2O3S. The molecule has 110 valence electrons. The van der Waals surface area contributed by atoms with Crippen LogP contribution in [0.4, 0.5) is 11.4 Å². The molecule has 6 heteroatoms. The van der Waals surface area contributed by atoms with E-state index >= 15 is 0 Å². The molecule has 0 radical (unpaired) electrons. The van der Waals surface area contributed by atoms with Crippen molar-refractivity contribution in [1.82, 2.24) is 0 Å². The van der Waals surface area contributed by atoms with E-state index in [0.29, 0.717) is 11.4 Å². The van der Waals surface area contributed by atoms with Crippen molar-refractivity contribution < 1.29 is 10.0 Å². The fourth-order valence-corrected chi connectivity index (χ4v) is 2.89. The molecule has 0 fully saturated rings. The van der Waals surface area contributed by atoms with E-state index in [4.69, 9.17) is 5.11 Å². The van der Waals surface area contributed by atoms with Crippen molar-refractivity contribution in [2.24, 2.45) is 0 Å². The van der Waals surface area contributed by atoms with E-state index in [1.807, 2.05) is 30.3 Å². The number of aliphatic hydroxyl groups is 1. The normalized spacial score (nSPS) is 10.4. The van der Waals surface area contributed by atoms with Crippen LogP contribution >= 0.6 is 11.8 Å². The minimum absolute atomic E-state index is 0.0275. The van der Waals surface area contributed by atoms with Crippen molar-refractivity contribution in [3.63, 3.8) is 0 Å². The van der Waals surface area contributed by atoms with Crippen LogP contribution in [0.3, 0.4) is 0 Å². The molecule has 21 heavy (non-hydrogen) atoms. The smallest absolute Gasteiger partial charge is 0.292 e. The summed E-state index contributed by atoms with van der Waals surface area (Å²) in [5.41, 5.74) is 2.40. The van der Waals surface area contributed by atoms with E-state index in [9.17, 15) is 10.1 Å². The third-order valence-corrected chi connectivity index (χ3v) is 4.14. The molecule has 0 heterocycles. The average molecular weight is 304 g/mol.